The van der Waals surface area contributed by atoms with Gasteiger partial charge in [0, 0.05) is 18.7 Å². The first-order valence-electron chi connectivity index (χ1n) is 9.45. The first kappa shape index (κ1) is 20.6. The molecule has 8 nitrogen and oxygen atoms in total. The van der Waals surface area contributed by atoms with Crippen molar-refractivity contribution in [1.29, 1.82) is 0 Å². The average Bonchev–Trinajstić information content (AvgIpc) is 3.57. The highest BCUT2D eigenvalue weighted by Crippen LogP contribution is 2.32. The van der Waals surface area contributed by atoms with Crippen LogP contribution in [0.15, 0.2) is 42.5 Å². The molecule has 154 valence electrons. The number of ether oxygens (including phenoxy) is 2. The number of amides is 1. The number of hydrogen-bond acceptors (Lipinski definition) is 6. The molecule has 1 amide bonds. The van der Waals surface area contributed by atoms with Crippen LogP contribution in [0.5, 0.6) is 11.5 Å². The van der Waals surface area contributed by atoms with Gasteiger partial charge in [0.2, 0.25) is 5.91 Å². The maximum Gasteiger partial charge on any atom is 0.273 e. The summed E-state index contributed by atoms with van der Waals surface area (Å²) in [6.45, 7) is 2.52. The highest BCUT2D eigenvalue weighted by atomic mass is 16.6. The Kier molecular flexibility index (Phi) is 6.33. The smallest absolute Gasteiger partial charge is 0.273 e. The minimum atomic E-state index is -0.500. The number of methoxy groups -OCH3 is 2. The van der Waals surface area contributed by atoms with E-state index in [9.17, 15) is 14.9 Å². The fourth-order valence-corrected chi connectivity index (χ4v) is 3.21. The Morgan fingerprint density at radius 3 is 2.45 bits per heavy atom. The van der Waals surface area contributed by atoms with E-state index in [-0.39, 0.29) is 23.4 Å². The number of nitrogens with zero attached hydrogens (tertiary/aromatic N) is 2. The fraction of sp³-hybridized carbons (Fsp3) is 0.381. The van der Waals surface area contributed by atoms with E-state index in [4.69, 9.17) is 9.47 Å². The number of carbonyl (C=O) groups is 1. The number of anilines is 1. The van der Waals surface area contributed by atoms with Crippen molar-refractivity contribution in [1.82, 2.24) is 4.90 Å². The monoisotopic (exact) mass is 399 g/mol. The van der Waals surface area contributed by atoms with Crippen LogP contribution in [-0.2, 0) is 11.3 Å². The quantitative estimate of drug-likeness (QED) is 0.511. The van der Waals surface area contributed by atoms with Crippen molar-refractivity contribution in [2.24, 2.45) is 0 Å². The van der Waals surface area contributed by atoms with Gasteiger partial charge in [0.25, 0.3) is 5.69 Å². The molecule has 1 N–H and O–H groups in total. The molecule has 0 aromatic heterocycles. The largest absolute Gasteiger partial charge is 0.497 e. The summed E-state index contributed by atoms with van der Waals surface area (Å²) in [5.74, 6) is 0.869. The van der Waals surface area contributed by atoms with Crippen molar-refractivity contribution in [3.05, 3.63) is 58.1 Å². The predicted octanol–water partition coefficient (Wildman–Crippen LogP) is 3.60. The van der Waals surface area contributed by atoms with Gasteiger partial charge in [-0.3, -0.25) is 19.8 Å². The lowest BCUT2D eigenvalue weighted by atomic mass is 10.1. The van der Waals surface area contributed by atoms with Crippen molar-refractivity contribution in [3.8, 4) is 11.5 Å². The number of non-ortho nitro benzene ring substituents is 1. The van der Waals surface area contributed by atoms with Gasteiger partial charge in [-0.05, 0) is 43.5 Å². The summed E-state index contributed by atoms with van der Waals surface area (Å²) in [4.78, 5) is 25.5. The Bertz CT molecular complexity index is 880. The molecule has 0 spiro atoms. The summed E-state index contributed by atoms with van der Waals surface area (Å²) >= 11 is 0. The van der Waals surface area contributed by atoms with Gasteiger partial charge < -0.3 is 14.8 Å². The summed E-state index contributed by atoms with van der Waals surface area (Å²) in [5.41, 5.74) is 1.42. The van der Waals surface area contributed by atoms with Gasteiger partial charge in [-0.25, -0.2) is 0 Å². The average molecular weight is 399 g/mol. The van der Waals surface area contributed by atoms with E-state index in [1.54, 1.807) is 7.11 Å². The van der Waals surface area contributed by atoms with Crippen LogP contribution in [0.3, 0.4) is 0 Å². The van der Waals surface area contributed by atoms with E-state index in [1.165, 1.54) is 25.3 Å². The van der Waals surface area contributed by atoms with Crippen molar-refractivity contribution in [2.75, 3.05) is 19.5 Å². The van der Waals surface area contributed by atoms with Gasteiger partial charge in [-0.2, -0.15) is 0 Å². The molecule has 0 saturated heterocycles. The number of rotatable bonds is 9. The summed E-state index contributed by atoms with van der Waals surface area (Å²) in [7, 11) is 3.04. The third-order valence-electron chi connectivity index (χ3n) is 5.07. The number of nitro groups is 1. The molecule has 1 saturated carbocycles. The van der Waals surface area contributed by atoms with Gasteiger partial charge in [0.15, 0.2) is 0 Å². The van der Waals surface area contributed by atoms with Crippen LogP contribution in [0.2, 0.25) is 0 Å². The van der Waals surface area contributed by atoms with Crippen LogP contribution in [-0.4, -0.2) is 42.0 Å². The predicted molar refractivity (Wildman–Crippen MR) is 109 cm³/mol. The standard InChI is InChI=1S/C21H25N3O5/c1-14(21(25)22-19-11-8-17(24(26)27)12-20(19)29-3)23(16-6-7-16)13-15-4-9-18(28-2)10-5-15/h4-5,8-12,14,16H,6-7,13H2,1-3H3,(H,22,25)/t14-/m0/s1. The topological polar surface area (TPSA) is 93.9 Å². The molecule has 0 radical (unpaired) electrons. The number of benzene rings is 2. The lowest BCUT2D eigenvalue weighted by Gasteiger charge is -2.28. The molecule has 29 heavy (non-hydrogen) atoms. The maximum absolute atomic E-state index is 12.9. The van der Waals surface area contributed by atoms with E-state index in [0.717, 1.165) is 24.2 Å². The van der Waals surface area contributed by atoms with E-state index < -0.39 is 4.92 Å². The van der Waals surface area contributed by atoms with E-state index in [0.29, 0.717) is 18.3 Å². The highest BCUT2D eigenvalue weighted by molar-refractivity contribution is 5.96. The Morgan fingerprint density at radius 2 is 1.90 bits per heavy atom. The SMILES string of the molecule is COc1ccc(CN(C2CC2)[C@@H](C)C(=O)Nc2ccc([N+](=O)[O-])cc2OC)cc1. The first-order valence-corrected chi connectivity index (χ1v) is 9.45. The highest BCUT2D eigenvalue weighted by Gasteiger charge is 2.35. The second kappa shape index (κ2) is 8.91. The van der Waals surface area contributed by atoms with E-state index >= 15 is 0 Å². The second-order valence-electron chi connectivity index (χ2n) is 7.06. The Balaban J connectivity index is 1.72. The molecule has 1 aliphatic carbocycles. The molecule has 0 aliphatic heterocycles. The normalized spacial score (nSPS) is 14.3. The van der Waals surface area contributed by atoms with Crippen LogP contribution < -0.4 is 14.8 Å². The van der Waals surface area contributed by atoms with Crippen molar-refractivity contribution in [2.45, 2.75) is 38.4 Å². The molecule has 0 unspecified atom stereocenters. The third-order valence-corrected chi connectivity index (χ3v) is 5.07. The molecule has 1 fully saturated rings. The maximum atomic E-state index is 12.9. The molecule has 2 aromatic rings. The lowest BCUT2D eigenvalue weighted by Crippen LogP contribution is -2.43. The minimum absolute atomic E-state index is 0.0907. The van der Waals surface area contributed by atoms with Crippen LogP contribution in [0.25, 0.3) is 0 Å². The van der Waals surface area contributed by atoms with Crippen LogP contribution in [0.1, 0.15) is 25.3 Å². The van der Waals surface area contributed by atoms with Gasteiger partial charge in [-0.1, -0.05) is 12.1 Å². The van der Waals surface area contributed by atoms with Gasteiger partial charge in [0.05, 0.1) is 36.9 Å². The molecule has 0 heterocycles. The van der Waals surface area contributed by atoms with Crippen molar-refractivity contribution >= 4 is 17.3 Å². The molecule has 1 aliphatic rings. The van der Waals surface area contributed by atoms with Crippen LogP contribution >= 0.6 is 0 Å². The minimum Gasteiger partial charge on any atom is -0.497 e. The molecule has 1 atom stereocenters. The number of nitro benzene ring substituents is 1. The van der Waals surface area contributed by atoms with Gasteiger partial charge in [0.1, 0.15) is 11.5 Å². The summed E-state index contributed by atoms with van der Waals surface area (Å²) in [6.07, 6.45) is 2.13. The zero-order chi connectivity index (χ0) is 21.0. The third kappa shape index (κ3) is 5.03. The van der Waals surface area contributed by atoms with E-state index in [2.05, 4.69) is 10.2 Å². The Morgan fingerprint density at radius 1 is 1.21 bits per heavy atom. The lowest BCUT2D eigenvalue weighted by molar-refractivity contribution is -0.384. The van der Waals surface area contributed by atoms with Crippen LogP contribution in [0, 0.1) is 10.1 Å². The molecule has 2 aromatic carbocycles. The summed E-state index contributed by atoms with van der Waals surface area (Å²) in [6, 6.07) is 12.0. The molecular formula is C21H25N3O5. The summed E-state index contributed by atoms with van der Waals surface area (Å²) in [5, 5.41) is 13.8. The van der Waals surface area contributed by atoms with Gasteiger partial charge in [-0.15, -0.1) is 0 Å². The van der Waals surface area contributed by atoms with Crippen molar-refractivity contribution in [3.63, 3.8) is 0 Å². The van der Waals surface area contributed by atoms with Crippen molar-refractivity contribution < 1.29 is 19.2 Å². The number of nitrogens with one attached hydrogen (secondary N) is 1. The van der Waals surface area contributed by atoms with Gasteiger partial charge >= 0.3 is 0 Å². The second-order valence-corrected chi connectivity index (χ2v) is 7.06. The summed E-state index contributed by atoms with van der Waals surface area (Å²) < 4.78 is 10.4. The molecule has 8 heteroatoms. The Hall–Kier alpha value is -3.13. The molecule has 0 bridgehead atoms. The number of hydrogen-bond donors (Lipinski definition) is 1. The van der Waals surface area contributed by atoms with Crippen LogP contribution in [0.4, 0.5) is 11.4 Å². The Labute approximate surface area is 169 Å². The fourth-order valence-electron chi connectivity index (χ4n) is 3.21. The first-order chi connectivity index (χ1) is 13.9. The van der Waals surface area contributed by atoms with E-state index in [1.807, 2.05) is 31.2 Å². The molecular weight excluding hydrogens is 374 g/mol. The zero-order valence-corrected chi connectivity index (χ0v) is 16.8. The number of carbonyl (C=O) groups excluding carboxylic acids is 1. The zero-order valence-electron chi connectivity index (χ0n) is 16.8. The molecule has 3 rings (SSSR count).